The number of carboxylic acids is 1. The molecule has 82 valence electrons. The third-order valence-corrected chi connectivity index (χ3v) is 2.31. The van der Waals surface area contributed by atoms with Crippen LogP contribution in [-0.2, 0) is 4.79 Å². The van der Waals surface area contributed by atoms with Crippen LogP contribution in [0, 0.1) is 0 Å². The molecule has 0 aliphatic carbocycles. The first-order valence-corrected chi connectivity index (χ1v) is 4.90. The number of carboxylic acid groups (broad SMARTS) is 1. The Hall–Kier alpha value is -2.10. The van der Waals surface area contributed by atoms with Crippen LogP contribution in [0.1, 0.15) is 18.7 Å². The summed E-state index contributed by atoms with van der Waals surface area (Å²) in [4.78, 5) is 14.6. The highest BCUT2D eigenvalue weighted by atomic mass is 16.4. The lowest BCUT2D eigenvalue weighted by atomic mass is 10.2. The van der Waals surface area contributed by atoms with Crippen LogP contribution < -0.4 is 5.11 Å². The van der Waals surface area contributed by atoms with E-state index in [2.05, 4.69) is 4.98 Å². The minimum absolute atomic E-state index is 0.166. The number of hydrogen-bond donors (Lipinski definition) is 0. The van der Waals surface area contributed by atoms with E-state index in [0.717, 1.165) is 5.56 Å². The fourth-order valence-electron chi connectivity index (χ4n) is 1.32. The van der Waals surface area contributed by atoms with Crippen LogP contribution in [0.3, 0.4) is 0 Å². The van der Waals surface area contributed by atoms with E-state index in [4.69, 9.17) is 4.42 Å². The third kappa shape index (κ3) is 1.95. The molecule has 1 atom stereocenters. The Kier molecular flexibility index (Phi) is 2.72. The fourth-order valence-corrected chi connectivity index (χ4v) is 1.32. The fraction of sp³-hybridized carbons (Fsp3) is 0.167. The van der Waals surface area contributed by atoms with Gasteiger partial charge in [-0.05, 0) is 6.92 Å². The molecule has 4 heteroatoms. The van der Waals surface area contributed by atoms with E-state index in [0.29, 0.717) is 5.76 Å². The zero-order valence-electron chi connectivity index (χ0n) is 8.71. The van der Waals surface area contributed by atoms with Gasteiger partial charge in [0.15, 0.2) is 5.76 Å². The van der Waals surface area contributed by atoms with Gasteiger partial charge in [0.1, 0.15) is 0 Å². The van der Waals surface area contributed by atoms with Gasteiger partial charge in [-0.1, -0.05) is 30.3 Å². The molecule has 0 saturated carbocycles. The van der Waals surface area contributed by atoms with Crippen molar-refractivity contribution in [3.05, 3.63) is 42.4 Å². The van der Waals surface area contributed by atoms with Crippen molar-refractivity contribution < 1.29 is 14.3 Å². The van der Waals surface area contributed by atoms with E-state index in [-0.39, 0.29) is 5.89 Å². The van der Waals surface area contributed by atoms with Crippen molar-refractivity contribution in [2.24, 2.45) is 0 Å². The van der Waals surface area contributed by atoms with Crippen LogP contribution in [-0.4, -0.2) is 11.0 Å². The SMILES string of the molecule is CC(C(=O)[O-])c1ncc(-c2ccccc2)o1. The van der Waals surface area contributed by atoms with Crippen molar-refractivity contribution in [1.82, 2.24) is 4.98 Å². The number of carbonyl (C=O) groups is 1. The summed E-state index contributed by atoms with van der Waals surface area (Å²) in [5.41, 5.74) is 0.867. The lowest BCUT2D eigenvalue weighted by Gasteiger charge is -2.06. The average Bonchev–Trinajstić information content (AvgIpc) is 2.78. The highest BCUT2D eigenvalue weighted by Gasteiger charge is 2.13. The summed E-state index contributed by atoms with van der Waals surface area (Å²) in [5.74, 6) is -1.30. The average molecular weight is 216 g/mol. The topological polar surface area (TPSA) is 66.2 Å². The first-order valence-electron chi connectivity index (χ1n) is 4.90. The summed E-state index contributed by atoms with van der Waals surface area (Å²) in [7, 11) is 0. The Bertz CT molecular complexity index is 490. The molecule has 0 radical (unpaired) electrons. The Morgan fingerprint density at radius 1 is 1.38 bits per heavy atom. The Labute approximate surface area is 92.6 Å². The van der Waals surface area contributed by atoms with E-state index in [9.17, 15) is 9.90 Å². The van der Waals surface area contributed by atoms with Crippen LogP contribution >= 0.6 is 0 Å². The van der Waals surface area contributed by atoms with Gasteiger partial charge in [0.25, 0.3) is 0 Å². The molecule has 2 aromatic rings. The molecular formula is C12H10NO3-. The molecule has 0 fully saturated rings. The lowest BCUT2D eigenvalue weighted by Crippen LogP contribution is -2.28. The summed E-state index contributed by atoms with van der Waals surface area (Å²) < 4.78 is 5.36. The molecule has 0 N–H and O–H groups in total. The predicted octanol–water partition coefficient (Wildman–Crippen LogP) is 1.19. The predicted molar refractivity (Wildman–Crippen MR) is 55.4 cm³/mol. The van der Waals surface area contributed by atoms with Gasteiger partial charge in [0, 0.05) is 5.56 Å². The first-order chi connectivity index (χ1) is 7.68. The number of nitrogens with zero attached hydrogens (tertiary/aromatic N) is 1. The van der Waals surface area contributed by atoms with Crippen LogP contribution in [0.4, 0.5) is 0 Å². The minimum atomic E-state index is -1.19. The molecule has 4 nitrogen and oxygen atoms in total. The van der Waals surface area contributed by atoms with Crippen molar-refractivity contribution in [2.45, 2.75) is 12.8 Å². The van der Waals surface area contributed by atoms with Gasteiger partial charge in [-0.25, -0.2) is 4.98 Å². The smallest absolute Gasteiger partial charge is 0.203 e. The summed E-state index contributed by atoms with van der Waals surface area (Å²) in [5, 5.41) is 10.6. The van der Waals surface area contributed by atoms with Crippen molar-refractivity contribution in [3.63, 3.8) is 0 Å². The number of aliphatic carboxylic acids is 1. The largest absolute Gasteiger partial charge is 0.549 e. The molecule has 16 heavy (non-hydrogen) atoms. The van der Waals surface area contributed by atoms with Crippen molar-refractivity contribution in [2.75, 3.05) is 0 Å². The zero-order chi connectivity index (χ0) is 11.5. The van der Waals surface area contributed by atoms with Gasteiger partial charge in [0.05, 0.1) is 18.1 Å². The second-order valence-corrected chi connectivity index (χ2v) is 3.47. The van der Waals surface area contributed by atoms with Crippen molar-refractivity contribution >= 4 is 5.97 Å². The van der Waals surface area contributed by atoms with E-state index in [1.165, 1.54) is 13.1 Å². The van der Waals surface area contributed by atoms with Crippen LogP contribution in [0.25, 0.3) is 11.3 Å². The second kappa shape index (κ2) is 4.18. The minimum Gasteiger partial charge on any atom is -0.549 e. The molecule has 0 spiro atoms. The summed E-state index contributed by atoms with van der Waals surface area (Å²) in [6.07, 6.45) is 1.52. The summed E-state index contributed by atoms with van der Waals surface area (Å²) >= 11 is 0. The van der Waals surface area contributed by atoms with E-state index >= 15 is 0 Å². The zero-order valence-corrected chi connectivity index (χ0v) is 8.71. The molecule has 1 heterocycles. The van der Waals surface area contributed by atoms with Crippen LogP contribution in [0.5, 0.6) is 0 Å². The van der Waals surface area contributed by atoms with Gasteiger partial charge >= 0.3 is 0 Å². The molecular weight excluding hydrogens is 206 g/mol. The van der Waals surface area contributed by atoms with Gasteiger partial charge < -0.3 is 14.3 Å². The molecule has 0 amide bonds. The molecule has 0 aliphatic heterocycles. The van der Waals surface area contributed by atoms with Gasteiger partial charge in [-0.2, -0.15) is 0 Å². The summed E-state index contributed by atoms with van der Waals surface area (Å²) in [6.45, 7) is 1.48. The molecule has 1 aromatic heterocycles. The maximum absolute atomic E-state index is 10.6. The number of benzene rings is 1. The molecule has 1 unspecified atom stereocenters. The van der Waals surface area contributed by atoms with Gasteiger partial charge in [0.2, 0.25) is 5.89 Å². The number of aromatic nitrogens is 1. The lowest BCUT2D eigenvalue weighted by molar-refractivity contribution is -0.307. The molecule has 2 rings (SSSR count). The monoisotopic (exact) mass is 216 g/mol. The normalized spacial score (nSPS) is 12.3. The Balaban J connectivity index is 2.30. The summed E-state index contributed by atoms with van der Waals surface area (Å²) in [6, 6.07) is 9.38. The molecule has 0 aliphatic rings. The van der Waals surface area contributed by atoms with Crippen LogP contribution in [0.2, 0.25) is 0 Å². The van der Waals surface area contributed by atoms with E-state index < -0.39 is 11.9 Å². The quantitative estimate of drug-likeness (QED) is 0.773. The van der Waals surface area contributed by atoms with Crippen molar-refractivity contribution in [3.8, 4) is 11.3 Å². The second-order valence-electron chi connectivity index (χ2n) is 3.47. The molecule has 0 bridgehead atoms. The third-order valence-electron chi connectivity index (χ3n) is 2.31. The number of carbonyl (C=O) groups excluding carboxylic acids is 1. The molecule has 0 saturated heterocycles. The maximum Gasteiger partial charge on any atom is 0.203 e. The number of rotatable bonds is 3. The highest BCUT2D eigenvalue weighted by Crippen LogP contribution is 2.23. The Morgan fingerprint density at radius 2 is 2.06 bits per heavy atom. The number of oxazole rings is 1. The van der Waals surface area contributed by atoms with Gasteiger partial charge in [-0.15, -0.1) is 0 Å². The van der Waals surface area contributed by atoms with E-state index in [1.807, 2.05) is 30.3 Å². The van der Waals surface area contributed by atoms with E-state index in [1.54, 1.807) is 0 Å². The highest BCUT2D eigenvalue weighted by molar-refractivity contribution is 5.72. The number of hydrogen-bond acceptors (Lipinski definition) is 4. The van der Waals surface area contributed by atoms with Crippen molar-refractivity contribution in [1.29, 1.82) is 0 Å². The Morgan fingerprint density at radius 3 is 2.69 bits per heavy atom. The maximum atomic E-state index is 10.6. The standard InChI is InChI=1S/C12H11NO3/c1-8(12(14)15)11-13-7-10(16-11)9-5-3-2-4-6-9/h2-8H,1H3,(H,14,15)/p-1. The first kappa shape index (κ1) is 10.4. The van der Waals surface area contributed by atoms with Gasteiger partial charge in [-0.3, -0.25) is 0 Å². The van der Waals surface area contributed by atoms with Crippen LogP contribution in [0.15, 0.2) is 40.9 Å². The molecule has 1 aromatic carbocycles.